The minimum Gasteiger partial charge on any atom is -0.461 e. The van der Waals surface area contributed by atoms with Crippen LogP contribution in [0.5, 0.6) is 0 Å². The molecule has 4 nitrogen and oxygen atoms in total. The first-order chi connectivity index (χ1) is 9.50. The van der Waals surface area contributed by atoms with Crippen LogP contribution in [0.2, 0.25) is 0 Å². The van der Waals surface area contributed by atoms with Gasteiger partial charge in [0.2, 0.25) is 0 Å². The third-order valence-electron chi connectivity index (χ3n) is 3.15. The summed E-state index contributed by atoms with van der Waals surface area (Å²) in [4.78, 5) is 21.6. The first-order valence-corrected chi connectivity index (χ1v) is 10.1. The highest BCUT2D eigenvalue weighted by Crippen LogP contribution is 2.59. The first kappa shape index (κ1) is 15.6. The van der Waals surface area contributed by atoms with Gasteiger partial charge < -0.3 is 9.63 Å². The van der Waals surface area contributed by atoms with Crippen molar-refractivity contribution in [2.24, 2.45) is 0 Å². The Morgan fingerprint density at radius 1 is 1.45 bits per heavy atom. The van der Waals surface area contributed by atoms with Gasteiger partial charge in [-0.05, 0) is 29.4 Å². The van der Waals surface area contributed by atoms with E-state index in [-0.39, 0.29) is 12.1 Å². The van der Waals surface area contributed by atoms with E-state index in [1.807, 2.05) is 31.2 Å². The van der Waals surface area contributed by atoms with Gasteiger partial charge in [0.15, 0.2) is 0 Å². The molecule has 0 aromatic heterocycles. The summed E-state index contributed by atoms with van der Waals surface area (Å²) in [5, 5.41) is 0. The summed E-state index contributed by atoms with van der Waals surface area (Å²) in [6.07, 6.45) is 2.96. The fraction of sp³-hybridized carbons (Fsp3) is 0.500. The average molecular weight is 314 g/mol. The summed E-state index contributed by atoms with van der Waals surface area (Å²) >= 11 is 1.06. The van der Waals surface area contributed by atoms with Crippen LogP contribution in [0, 0.1) is 0 Å². The summed E-state index contributed by atoms with van der Waals surface area (Å²) < 4.78 is 17.2. The molecule has 2 atom stereocenters. The number of ether oxygens (including phenoxy) is 1. The number of unbranched alkanes of at least 4 members (excludes halogenated alkanes) is 1. The average Bonchev–Trinajstić information content (AvgIpc) is 2.36. The maximum absolute atomic E-state index is 12.1. The first-order valence-electron chi connectivity index (χ1n) is 6.79. The Labute approximate surface area is 123 Å². The van der Waals surface area contributed by atoms with Gasteiger partial charge in [0.1, 0.15) is 6.10 Å². The lowest BCUT2D eigenvalue weighted by Gasteiger charge is -2.26. The number of carbonyl (C=O) groups is 1. The maximum Gasteiger partial charge on any atom is 0.309 e. The van der Waals surface area contributed by atoms with Gasteiger partial charge in [-0.3, -0.25) is 9.36 Å². The van der Waals surface area contributed by atoms with Crippen molar-refractivity contribution in [2.45, 2.75) is 43.6 Å². The highest BCUT2D eigenvalue weighted by Gasteiger charge is 2.29. The molecular weight excluding hydrogens is 295 g/mol. The van der Waals surface area contributed by atoms with Crippen molar-refractivity contribution < 1.29 is 19.0 Å². The number of esters is 1. The lowest BCUT2D eigenvalue weighted by molar-refractivity contribution is -0.169. The summed E-state index contributed by atoms with van der Waals surface area (Å²) in [7, 11) is 0. The van der Waals surface area contributed by atoms with Crippen LogP contribution in [0.25, 0.3) is 0 Å². The van der Waals surface area contributed by atoms with Gasteiger partial charge in [0, 0.05) is 17.5 Å². The van der Waals surface area contributed by atoms with Crippen molar-refractivity contribution in [1.82, 2.24) is 0 Å². The molecule has 1 aliphatic heterocycles. The van der Waals surface area contributed by atoms with Gasteiger partial charge in [0.05, 0.1) is 6.42 Å². The molecule has 6 heteroatoms. The molecule has 0 amide bonds. The predicted molar refractivity (Wildman–Crippen MR) is 80.1 cm³/mol. The van der Waals surface area contributed by atoms with Gasteiger partial charge in [-0.2, -0.15) is 0 Å². The molecular formula is C14H19O4PS. The van der Waals surface area contributed by atoms with E-state index in [0.29, 0.717) is 19.0 Å². The minimum absolute atomic E-state index is 0.0852. The zero-order chi connectivity index (χ0) is 14.6. The van der Waals surface area contributed by atoms with Crippen LogP contribution in [-0.4, -0.2) is 23.1 Å². The Bertz CT molecular complexity index is 524. The smallest absolute Gasteiger partial charge is 0.309 e. The molecule has 2 rings (SSSR count). The molecule has 0 radical (unpaired) electrons. The summed E-state index contributed by atoms with van der Waals surface area (Å²) in [6, 6.07) is 7.54. The van der Waals surface area contributed by atoms with Crippen LogP contribution < -0.4 is 0 Å². The van der Waals surface area contributed by atoms with Crippen molar-refractivity contribution in [2.75, 3.05) is 6.16 Å². The minimum atomic E-state index is -3.19. The second-order valence-corrected chi connectivity index (χ2v) is 9.54. The van der Waals surface area contributed by atoms with Crippen molar-refractivity contribution in [3.63, 3.8) is 0 Å². The van der Waals surface area contributed by atoms with Gasteiger partial charge in [-0.25, -0.2) is 0 Å². The molecule has 1 N–H and O–H groups in total. The van der Waals surface area contributed by atoms with Crippen LogP contribution in [-0.2, 0) is 20.5 Å². The molecule has 1 aromatic carbocycles. The van der Waals surface area contributed by atoms with Gasteiger partial charge in [-0.15, -0.1) is 0 Å². The van der Waals surface area contributed by atoms with Crippen molar-refractivity contribution >= 4 is 23.9 Å². The number of hydrogen-bond acceptors (Lipinski definition) is 4. The second kappa shape index (κ2) is 6.79. The summed E-state index contributed by atoms with van der Waals surface area (Å²) in [6.45, 7) is -1.19. The Balaban J connectivity index is 2.03. The van der Waals surface area contributed by atoms with E-state index in [1.54, 1.807) is 0 Å². The molecule has 2 unspecified atom stereocenters. The Morgan fingerprint density at radius 2 is 2.15 bits per heavy atom. The maximum atomic E-state index is 12.1. The van der Waals surface area contributed by atoms with Crippen molar-refractivity contribution in [1.29, 1.82) is 0 Å². The van der Waals surface area contributed by atoms with Crippen LogP contribution in [0.1, 0.15) is 31.7 Å². The molecule has 1 aromatic rings. The van der Waals surface area contributed by atoms with Gasteiger partial charge in [0.25, 0.3) is 6.57 Å². The monoisotopic (exact) mass is 314 g/mol. The zero-order valence-electron chi connectivity index (χ0n) is 11.4. The van der Waals surface area contributed by atoms with E-state index in [1.165, 1.54) is 0 Å². The molecule has 0 spiro atoms. The lowest BCUT2D eigenvalue weighted by atomic mass is 10.0. The van der Waals surface area contributed by atoms with Crippen LogP contribution >= 0.6 is 18.0 Å². The predicted octanol–water partition coefficient (Wildman–Crippen LogP) is 3.62. The van der Waals surface area contributed by atoms with Crippen LogP contribution in [0.15, 0.2) is 29.2 Å². The SMILES string of the molecule is CCCCP(=O)(O)Sc1ccccc1CC1CC(=O)O1. The fourth-order valence-electron chi connectivity index (χ4n) is 2.04. The van der Waals surface area contributed by atoms with E-state index >= 15 is 0 Å². The Kier molecular flexibility index (Phi) is 5.30. The van der Waals surface area contributed by atoms with Gasteiger partial charge in [-0.1, -0.05) is 31.5 Å². The summed E-state index contributed by atoms with van der Waals surface area (Å²) in [5.74, 6) is -0.170. The summed E-state index contributed by atoms with van der Waals surface area (Å²) in [5.41, 5.74) is 0.973. The zero-order valence-corrected chi connectivity index (χ0v) is 13.2. The lowest BCUT2D eigenvalue weighted by Crippen LogP contribution is -2.34. The van der Waals surface area contributed by atoms with Gasteiger partial charge >= 0.3 is 5.97 Å². The third-order valence-corrected chi connectivity index (χ3v) is 6.90. The molecule has 20 heavy (non-hydrogen) atoms. The Morgan fingerprint density at radius 3 is 2.80 bits per heavy atom. The topological polar surface area (TPSA) is 63.6 Å². The normalized spacial score (nSPS) is 20.9. The molecule has 0 aliphatic carbocycles. The highest BCUT2D eigenvalue weighted by atomic mass is 32.7. The molecule has 1 heterocycles. The molecule has 1 saturated heterocycles. The highest BCUT2D eigenvalue weighted by molar-refractivity contribution is 8.56. The number of cyclic esters (lactones) is 1. The van der Waals surface area contributed by atoms with Crippen molar-refractivity contribution in [3.8, 4) is 0 Å². The number of benzene rings is 1. The molecule has 1 aliphatic rings. The van der Waals surface area contributed by atoms with E-state index in [9.17, 15) is 14.3 Å². The van der Waals surface area contributed by atoms with E-state index in [2.05, 4.69) is 0 Å². The van der Waals surface area contributed by atoms with E-state index < -0.39 is 6.57 Å². The van der Waals surface area contributed by atoms with Crippen molar-refractivity contribution in [3.05, 3.63) is 29.8 Å². The molecule has 0 bridgehead atoms. The molecule has 1 fully saturated rings. The fourth-order valence-corrected chi connectivity index (χ4v) is 5.68. The number of rotatable bonds is 7. The molecule has 110 valence electrons. The molecule has 0 saturated carbocycles. The standard InChI is InChI=1S/C14H19O4PS/c1-2-3-8-19(16,17)20-13-7-5-4-6-11(13)9-12-10-14(15)18-12/h4-7,12H,2-3,8-10H2,1H3,(H,16,17). The Hall–Kier alpha value is -0.770. The quantitative estimate of drug-likeness (QED) is 0.615. The van der Waals surface area contributed by atoms with E-state index in [4.69, 9.17) is 4.74 Å². The second-order valence-electron chi connectivity index (χ2n) is 4.93. The van der Waals surface area contributed by atoms with Crippen LogP contribution in [0.3, 0.4) is 0 Å². The number of carbonyl (C=O) groups excluding carboxylic acids is 1. The number of hydrogen-bond donors (Lipinski definition) is 1. The van der Waals surface area contributed by atoms with Crippen LogP contribution in [0.4, 0.5) is 0 Å². The third kappa shape index (κ3) is 4.37. The largest absolute Gasteiger partial charge is 0.461 e. The van der Waals surface area contributed by atoms with E-state index in [0.717, 1.165) is 34.7 Å².